The lowest BCUT2D eigenvalue weighted by Gasteiger charge is -2.34. The van der Waals surface area contributed by atoms with Crippen molar-refractivity contribution in [3.8, 4) is 5.75 Å². The van der Waals surface area contributed by atoms with E-state index in [9.17, 15) is 22.4 Å². The van der Waals surface area contributed by atoms with Crippen molar-refractivity contribution < 1.29 is 27.1 Å². The van der Waals surface area contributed by atoms with Gasteiger partial charge in [0.2, 0.25) is 5.91 Å². The third kappa shape index (κ3) is 3.40. The van der Waals surface area contributed by atoms with Gasteiger partial charge in [-0.05, 0) is 37.0 Å². The van der Waals surface area contributed by atoms with Crippen LogP contribution in [0, 0.1) is 11.7 Å². The molecule has 1 aliphatic carbocycles. The van der Waals surface area contributed by atoms with Crippen molar-refractivity contribution >= 4 is 5.91 Å². The van der Waals surface area contributed by atoms with Crippen LogP contribution in [0.25, 0.3) is 0 Å². The molecule has 0 bridgehead atoms. The Morgan fingerprint density at radius 2 is 2.00 bits per heavy atom. The lowest BCUT2D eigenvalue weighted by molar-refractivity contribution is -0.140. The van der Waals surface area contributed by atoms with E-state index in [4.69, 9.17) is 10.5 Å². The van der Waals surface area contributed by atoms with Crippen LogP contribution < -0.4 is 10.5 Å². The van der Waals surface area contributed by atoms with Crippen molar-refractivity contribution in [1.82, 2.24) is 0 Å². The van der Waals surface area contributed by atoms with Crippen molar-refractivity contribution in [1.29, 1.82) is 0 Å². The Morgan fingerprint density at radius 3 is 2.55 bits per heavy atom. The van der Waals surface area contributed by atoms with Crippen LogP contribution in [-0.4, -0.2) is 12.0 Å². The fourth-order valence-electron chi connectivity index (χ4n) is 2.21. The summed E-state index contributed by atoms with van der Waals surface area (Å²) in [6, 6.07) is 2.54. The van der Waals surface area contributed by atoms with E-state index in [2.05, 4.69) is 0 Å². The SMILES string of the molecule is NC(=O)CC1CC(Oc2ccc(F)c(C(F)(F)F)c2)C1. The fraction of sp³-hybridized carbons (Fsp3) is 0.462. The molecule has 0 aliphatic heterocycles. The number of alkyl halides is 3. The van der Waals surface area contributed by atoms with Crippen LogP contribution >= 0.6 is 0 Å². The Labute approximate surface area is 112 Å². The Kier molecular flexibility index (Phi) is 3.87. The monoisotopic (exact) mass is 291 g/mol. The molecular formula is C13H13F4NO2. The smallest absolute Gasteiger partial charge is 0.419 e. The van der Waals surface area contributed by atoms with Gasteiger partial charge in [-0.15, -0.1) is 0 Å². The number of ether oxygens (including phenoxy) is 1. The van der Waals surface area contributed by atoms with Crippen molar-refractivity contribution in [2.45, 2.75) is 31.5 Å². The zero-order valence-electron chi connectivity index (χ0n) is 10.4. The Balaban J connectivity index is 1.97. The number of hydrogen-bond acceptors (Lipinski definition) is 2. The Hall–Kier alpha value is -1.79. The van der Waals surface area contributed by atoms with E-state index in [1.54, 1.807) is 0 Å². The summed E-state index contributed by atoms with van der Waals surface area (Å²) in [7, 11) is 0. The van der Waals surface area contributed by atoms with Gasteiger partial charge in [-0.25, -0.2) is 4.39 Å². The number of carbonyl (C=O) groups is 1. The molecule has 1 fully saturated rings. The van der Waals surface area contributed by atoms with Gasteiger partial charge in [-0.3, -0.25) is 4.79 Å². The van der Waals surface area contributed by atoms with Gasteiger partial charge >= 0.3 is 6.18 Å². The van der Waals surface area contributed by atoms with Gasteiger partial charge in [0.15, 0.2) is 0 Å². The minimum atomic E-state index is -4.75. The summed E-state index contributed by atoms with van der Waals surface area (Å²) in [6.45, 7) is 0. The normalized spacial score (nSPS) is 22.2. The summed E-state index contributed by atoms with van der Waals surface area (Å²) in [5, 5.41) is 0. The highest BCUT2D eigenvalue weighted by Gasteiger charge is 2.36. The molecule has 7 heteroatoms. The van der Waals surface area contributed by atoms with E-state index in [0.717, 1.165) is 12.1 Å². The number of primary amides is 1. The average Bonchev–Trinajstić information content (AvgIpc) is 2.26. The van der Waals surface area contributed by atoms with E-state index in [-0.39, 0.29) is 24.2 Å². The molecular weight excluding hydrogens is 278 g/mol. The molecule has 3 nitrogen and oxygen atoms in total. The van der Waals surface area contributed by atoms with Gasteiger partial charge in [0, 0.05) is 6.42 Å². The van der Waals surface area contributed by atoms with Crippen molar-refractivity contribution in [2.75, 3.05) is 0 Å². The van der Waals surface area contributed by atoms with Gasteiger partial charge < -0.3 is 10.5 Å². The molecule has 2 rings (SSSR count). The quantitative estimate of drug-likeness (QED) is 0.867. The van der Waals surface area contributed by atoms with E-state index >= 15 is 0 Å². The molecule has 1 saturated carbocycles. The molecule has 1 amide bonds. The topological polar surface area (TPSA) is 52.3 Å². The second-order valence-corrected chi connectivity index (χ2v) is 4.89. The maximum atomic E-state index is 13.1. The summed E-state index contributed by atoms with van der Waals surface area (Å²) >= 11 is 0. The first-order chi connectivity index (χ1) is 9.25. The van der Waals surface area contributed by atoms with Gasteiger partial charge in [-0.1, -0.05) is 0 Å². The van der Waals surface area contributed by atoms with Crippen LogP contribution in [0.15, 0.2) is 18.2 Å². The molecule has 1 aliphatic rings. The zero-order valence-corrected chi connectivity index (χ0v) is 10.4. The highest BCUT2D eigenvalue weighted by Crippen LogP contribution is 2.37. The van der Waals surface area contributed by atoms with Crippen LogP contribution in [0.3, 0.4) is 0 Å². The minimum absolute atomic E-state index is 0.0266. The molecule has 0 aromatic heterocycles. The Morgan fingerprint density at radius 1 is 1.35 bits per heavy atom. The Bertz CT molecular complexity index is 510. The number of amides is 1. The lowest BCUT2D eigenvalue weighted by atomic mass is 9.80. The van der Waals surface area contributed by atoms with Crippen molar-refractivity contribution in [3.05, 3.63) is 29.6 Å². The van der Waals surface area contributed by atoms with Crippen molar-refractivity contribution in [3.63, 3.8) is 0 Å². The molecule has 0 saturated heterocycles. The van der Waals surface area contributed by atoms with Crippen LogP contribution in [-0.2, 0) is 11.0 Å². The number of rotatable bonds is 4. The molecule has 0 spiro atoms. The fourth-order valence-corrected chi connectivity index (χ4v) is 2.21. The van der Waals surface area contributed by atoms with E-state index in [1.165, 1.54) is 0 Å². The van der Waals surface area contributed by atoms with E-state index < -0.39 is 23.5 Å². The number of carbonyl (C=O) groups excluding carboxylic acids is 1. The summed E-state index contributed by atoms with van der Waals surface area (Å²) in [4.78, 5) is 10.7. The standard InChI is InChI=1S/C13H13F4NO2/c14-11-2-1-8(6-10(11)13(15,16)17)20-9-3-7(4-9)5-12(18)19/h1-2,6-7,9H,3-5H2,(H2,18,19). The van der Waals surface area contributed by atoms with Crippen LogP contribution in [0.1, 0.15) is 24.8 Å². The lowest BCUT2D eigenvalue weighted by Crippen LogP contribution is -2.36. The first-order valence-electron chi connectivity index (χ1n) is 6.07. The van der Waals surface area contributed by atoms with E-state index in [1.807, 2.05) is 0 Å². The van der Waals surface area contributed by atoms with Crippen LogP contribution in [0.4, 0.5) is 17.6 Å². The van der Waals surface area contributed by atoms with Gasteiger partial charge in [0.05, 0.1) is 11.7 Å². The number of nitrogens with two attached hydrogens (primary N) is 1. The molecule has 0 unspecified atom stereocenters. The molecule has 20 heavy (non-hydrogen) atoms. The number of hydrogen-bond donors (Lipinski definition) is 1. The summed E-state index contributed by atoms with van der Waals surface area (Å²) in [5.41, 5.74) is 3.69. The maximum Gasteiger partial charge on any atom is 0.419 e. The number of benzene rings is 1. The van der Waals surface area contributed by atoms with Gasteiger partial charge in [0.1, 0.15) is 11.6 Å². The summed E-state index contributed by atoms with van der Waals surface area (Å²) in [5.74, 6) is -1.65. The molecule has 2 N–H and O–H groups in total. The van der Waals surface area contributed by atoms with Crippen molar-refractivity contribution in [2.24, 2.45) is 11.7 Å². The molecule has 0 radical (unpaired) electrons. The molecule has 1 aromatic carbocycles. The number of halogens is 4. The first kappa shape index (κ1) is 14.6. The molecule has 0 atom stereocenters. The third-order valence-electron chi connectivity index (χ3n) is 3.23. The third-order valence-corrected chi connectivity index (χ3v) is 3.23. The second kappa shape index (κ2) is 5.30. The highest BCUT2D eigenvalue weighted by atomic mass is 19.4. The highest BCUT2D eigenvalue weighted by molar-refractivity contribution is 5.74. The van der Waals surface area contributed by atoms with Gasteiger partial charge in [0.25, 0.3) is 0 Å². The zero-order chi connectivity index (χ0) is 14.9. The largest absolute Gasteiger partial charge is 0.490 e. The molecule has 110 valence electrons. The average molecular weight is 291 g/mol. The van der Waals surface area contributed by atoms with Crippen LogP contribution in [0.2, 0.25) is 0 Å². The van der Waals surface area contributed by atoms with Gasteiger partial charge in [-0.2, -0.15) is 13.2 Å². The maximum absolute atomic E-state index is 13.1. The van der Waals surface area contributed by atoms with Crippen LogP contribution in [0.5, 0.6) is 5.75 Å². The predicted molar refractivity (Wildman–Crippen MR) is 62.4 cm³/mol. The predicted octanol–water partition coefficient (Wildman–Crippen LogP) is 2.88. The molecule has 1 aromatic rings. The summed E-state index contributed by atoms with van der Waals surface area (Å²) < 4.78 is 56.0. The van der Waals surface area contributed by atoms with E-state index in [0.29, 0.717) is 18.9 Å². The summed E-state index contributed by atoms with van der Waals surface area (Å²) in [6.07, 6.45) is -3.65. The second-order valence-electron chi connectivity index (χ2n) is 4.89. The molecule has 0 heterocycles. The first-order valence-corrected chi connectivity index (χ1v) is 6.07. The minimum Gasteiger partial charge on any atom is -0.490 e.